The highest BCUT2D eigenvalue weighted by Gasteiger charge is 2.12. The molecule has 26 heavy (non-hydrogen) atoms. The molecule has 1 aromatic heterocycles. The summed E-state index contributed by atoms with van der Waals surface area (Å²) in [6, 6.07) is 11.3. The van der Waals surface area contributed by atoms with Crippen LogP contribution in [0.2, 0.25) is 0 Å². The van der Waals surface area contributed by atoms with Crippen LogP contribution >= 0.6 is 0 Å². The van der Waals surface area contributed by atoms with Crippen LogP contribution in [0.15, 0.2) is 57.9 Å². The fraction of sp³-hybridized carbons (Fsp3) is 0.158. The molecule has 0 radical (unpaired) electrons. The summed E-state index contributed by atoms with van der Waals surface area (Å²) >= 11 is 0. The minimum atomic E-state index is -0.549. The molecule has 2 aromatic carbocycles. The number of hydrogen-bond acceptors (Lipinski definition) is 7. The van der Waals surface area contributed by atoms with Crippen molar-refractivity contribution in [3.05, 3.63) is 59.0 Å². The summed E-state index contributed by atoms with van der Waals surface area (Å²) < 4.78 is 26.0. The molecule has 0 aliphatic carbocycles. The molecule has 0 atom stereocenters. The molecular formula is C19H16O7. The van der Waals surface area contributed by atoms with E-state index in [1.54, 1.807) is 31.4 Å². The zero-order chi connectivity index (χ0) is 18.5. The Labute approximate surface area is 148 Å². The Morgan fingerprint density at radius 2 is 1.85 bits per heavy atom. The number of ether oxygens (including phenoxy) is 4. The van der Waals surface area contributed by atoms with Gasteiger partial charge in [0.1, 0.15) is 35.7 Å². The van der Waals surface area contributed by atoms with Gasteiger partial charge in [0, 0.05) is 19.2 Å². The summed E-state index contributed by atoms with van der Waals surface area (Å²) in [4.78, 5) is 24.0. The van der Waals surface area contributed by atoms with Crippen molar-refractivity contribution >= 4 is 16.9 Å². The summed E-state index contributed by atoms with van der Waals surface area (Å²) in [6.07, 6.45) is 1.21. The first-order chi connectivity index (χ1) is 12.6. The highest BCUT2D eigenvalue weighted by molar-refractivity contribution is 5.81. The number of fused-ring (bicyclic) bond motifs is 1. The van der Waals surface area contributed by atoms with Crippen LogP contribution < -0.4 is 19.6 Å². The van der Waals surface area contributed by atoms with Crippen molar-refractivity contribution < 1.29 is 28.2 Å². The van der Waals surface area contributed by atoms with E-state index in [-0.39, 0.29) is 29.1 Å². The summed E-state index contributed by atoms with van der Waals surface area (Å²) in [5.74, 6) is 0.794. The van der Waals surface area contributed by atoms with Gasteiger partial charge in [-0.05, 0) is 24.3 Å². The number of carbonyl (C=O) groups excluding carboxylic acids is 1. The van der Waals surface area contributed by atoms with Crippen molar-refractivity contribution in [1.82, 2.24) is 0 Å². The average Bonchev–Trinajstić information content (AvgIpc) is 2.64. The molecule has 0 unspecified atom stereocenters. The van der Waals surface area contributed by atoms with Crippen LogP contribution in [0.1, 0.15) is 0 Å². The second kappa shape index (κ2) is 7.71. The van der Waals surface area contributed by atoms with E-state index in [9.17, 15) is 9.59 Å². The molecule has 7 nitrogen and oxygen atoms in total. The minimum absolute atomic E-state index is 0.0369. The van der Waals surface area contributed by atoms with Crippen LogP contribution in [0.25, 0.3) is 11.0 Å². The molecule has 0 saturated carbocycles. The van der Waals surface area contributed by atoms with E-state index in [1.807, 2.05) is 0 Å². The highest BCUT2D eigenvalue weighted by atomic mass is 16.6. The van der Waals surface area contributed by atoms with Crippen molar-refractivity contribution in [3.8, 4) is 23.0 Å². The van der Waals surface area contributed by atoms with E-state index in [0.29, 0.717) is 16.9 Å². The zero-order valence-corrected chi connectivity index (χ0v) is 14.2. The van der Waals surface area contributed by atoms with Crippen molar-refractivity contribution in [2.75, 3.05) is 20.8 Å². The molecule has 7 heteroatoms. The van der Waals surface area contributed by atoms with E-state index in [0.717, 1.165) is 0 Å². The number of hydrogen-bond donors (Lipinski definition) is 0. The van der Waals surface area contributed by atoms with Gasteiger partial charge in [0.05, 0.1) is 12.5 Å². The maximum absolute atomic E-state index is 12.6. The predicted molar refractivity (Wildman–Crippen MR) is 93.1 cm³/mol. The third kappa shape index (κ3) is 3.84. The van der Waals surface area contributed by atoms with Crippen molar-refractivity contribution in [1.29, 1.82) is 0 Å². The predicted octanol–water partition coefficient (Wildman–Crippen LogP) is 3.15. The van der Waals surface area contributed by atoms with Crippen LogP contribution in [0.4, 0.5) is 0 Å². The summed E-state index contributed by atoms with van der Waals surface area (Å²) in [6.45, 7) is -0.171. The molecule has 0 fully saturated rings. The maximum Gasteiger partial charge on any atom is 0.337 e. The van der Waals surface area contributed by atoms with E-state index in [4.69, 9.17) is 23.4 Å². The standard InChI is InChI=1S/C19H16O7/c1-22-11-18(20)26-14-6-7-15-16(9-14)24-10-17(19(15)21)25-13-5-3-4-12(8-13)23-2/h3-10H,11H2,1-2H3. The molecule has 0 amide bonds. The van der Waals surface area contributed by atoms with Crippen LogP contribution in [0.5, 0.6) is 23.0 Å². The second-order valence-electron chi connectivity index (χ2n) is 5.28. The first-order valence-corrected chi connectivity index (χ1v) is 7.68. The van der Waals surface area contributed by atoms with Gasteiger partial charge in [0.2, 0.25) is 11.2 Å². The van der Waals surface area contributed by atoms with Gasteiger partial charge in [-0.1, -0.05) is 6.07 Å². The Hall–Kier alpha value is -3.32. The van der Waals surface area contributed by atoms with Crippen molar-refractivity contribution in [3.63, 3.8) is 0 Å². The SMILES string of the molecule is COCC(=O)Oc1ccc2c(=O)c(Oc3cccc(OC)c3)coc2c1. The van der Waals surface area contributed by atoms with Gasteiger partial charge in [-0.3, -0.25) is 4.79 Å². The van der Waals surface area contributed by atoms with Gasteiger partial charge in [0.15, 0.2) is 0 Å². The molecule has 0 saturated heterocycles. The normalized spacial score (nSPS) is 10.5. The molecule has 0 N–H and O–H groups in total. The molecule has 0 bridgehead atoms. The Morgan fingerprint density at radius 3 is 2.62 bits per heavy atom. The monoisotopic (exact) mass is 356 g/mol. The Kier molecular flexibility index (Phi) is 5.19. The Balaban J connectivity index is 1.88. The lowest BCUT2D eigenvalue weighted by Gasteiger charge is -2.08. The second-order valence-corrected chi connectivity index (χ2v) is 5.28. The summed E-state index contributed by atoms with van der Waals surface area (Å²) in [5, 5.41) is 0.303. The number of benzene rings is 2. The van der Waals surface area contributed by atoms with Gasteiger partial charge in [0.25, 0.3) is 0 Å². The third-order valence-electron chi connectivity index (χ3n) is 3.48. The lowest BCUT2D eigenvalue weighted by molar-refractivity contribution is -0.138. The lowest BCUT2D eigenvalue weighted by Crippen LogP contribution is -2.14. The molecule has 134 valence electrons. The average molecular weight is 356 g/mol. The first kappa shape index (κ1) is 17.5. The van der Waals surface area contributed by atoms with Crippen molar-refractivity contribution in [2.24, 2.45) is 0 Å². The number of esters is 1. The van der Waals surface area contributed by atoms with Gasteiger partial charge < -0.3 is 23.4 Å². The summed E-state index contributed by atoms with van der Waals surface area (Å²) in [7, 11) is 2.94. The van der Waals surface area contributed by atoms with Gasteiger partial charge in [-0.2, -0.15) is 0 Å². The van der Waals surface area contributed by atoms with E-state index in [1.165, 1.54) is 31.6 Å². The zero-order valence-electron chi connectivity index (χ0n) is 14.2. The van der Waals surface area contributed by atoms with Crippen molar-refractivity contribution in [2.45, 2.75) is 0 Å². The molecule has 1 heterocycles. The first-order valence-electron chi connectivity index (χ1n) is 7.68. The smallest absolute Gasteiger partial charge is 0.337 e. The van der Waals surface area contributed by atoms with Crippen LogP contribution in [-0.2, 0) is 9.53 Å². The van der Waals surface area contributed by atoms with Crippen LogP contribution in [0, 0.1) is 0 Å². The fourth-order valence-corrected chi connectivity index (χ4v) is 2.30. The van der Waals surface area contributed by atoms with Gasteiger partial charge in [-0.25, -0.2) is 4.79 Å². The van der Waals surface area contributed by atoms with E-state index >= 15 is 0 Å². The quantitative estimate of drug-likeness (QED) is 0.495. The number of methoxy groups -OCH3 is 2. The molecule has 0 spiro atoms. The third-order valence-corrected chi connectivity index (χ3v) is 3.48. The molecular weight excluding hydrogens is 340 g/mol. The van der Waals surface area contributed by atoms with Crippen LogP contribution in [-0.4, -0.2) is 26.8 Å². The molecule has 3 rings (SSSR count). The van der Waals surface area contributed by atoms with Gasteiger partial charge in [-0.15, -0.1) is 0 Å². The molecule has 3 aromatic rings. The lowest BCUT2D eigenvalue weighted by atomic mass is 10.2. The van der Waals surface area contributed by atoms with E-state index < -0.39 is 5.97 Å². The minimum Gasteiger partial charge on any atom is -0.497 e. The largest absolute Gasteiger partial charge is 0.497 e. The maximum atomic E-state index is 12.6. The number of rotatable bonds is 6. The van der Waals surface area contributed by atoms with E-state index in [2.05, 4.69) is 0 Å². The van der Waals surface area contributed by atoms with Gasteiger partial charge >= 0.3 is 5.97 Å². The topological polar surface area (TPSA) is 84.2 Å². The fourth-order valence-electron chi connectivity index (χ4n) is 2.30. The Morgan fingerprint density at radius 1 is 1.04 bits per heavy atom. The summed E-state index contributed by atoms with van der Waals surface area (Å²) in [5.41, 5.74) is -0.0699. The molecule has 0 aliphatic heterocycles. The molecule has 0 aliphatic rings. The van der Waals surface area contributed by atoms with Crippen LogP contribution in [0.3, 0.4) is 0 Å². The number of carbonyl (C=O) groups is 1. The highest BCUT2D eigenvalue weighted by Crippen LogP contribution is 2.26. The Bertz CT molecular complexity index is 991.